The lowest BCUT2D eigenvalue weighted by Crippen LogP contribution is -2.10. The highest BCUT2D eigenvalue weighted by molar-refractivity contribution is 5.69. The molecule has 0 radical (unpaired) electrons. The first-order valence-corrected chi connectivity index (χ1v) is 5.58. The first-order valence-electron chi connectivity index (χ1n) is 5.58. The third kappa shape index (κ3) is 3.93. The van der Waals surface area contributed by atoms with Gasteiger partial charge in [0.15, 0.2) is 0 Å². The fourth-order valence-electron chi connectivity index (χ4n) is 1.46. The third-order valence-corrected chi connectivity index (χ3v) is 2.50. The van der Waals surface area contributed by atoms with Crippen LogP contribution in [0.5, 0.6) is 5.75 Å². The number of aliphatic carboxylic acids is 1. The Balaban J connectivity index is 2.53. The average molecular weight is 222 g/mol. The van der Waals surface area contributed by atoms with E-state index in [1.54, 1.807) is 6.92 Å². The van der Waals surface area contributed by atoms with Crippen molar-refractivity contribution in [1.82, 2.24) is 0 Å². The lowest BCUT2D eigenvalue weighted by Gasteiger charge is -2.08. The smallest absolute Gasteiger partial charge is 0.306 e. The number of carbonyl (C=O) groups is 1. The van der Waals surface area contributed by atoms with E-state index in [1.807, 2.05) is 31.2 Å². The van der Waals surface area contributed by atoms with Crippen molar-refractivity contribution in [2.75, 3.05) is 6.61 Å². The molecule has 0 aromatic heterocycles. The molecule has 1 atom stereocenters. The number of ether oxygens (including phenoxy) is 1. The van der Waals surface area contributed by atoms with Gasteiger partial charge in [-0.3, -0.25) is 4.79 Å². The van der Waals surface area contributed by atoms with Crippen molar-refractivity contribution in [3.8, 4) is 5.75 Å². The van der Waals surface area contributed by atoms with Crippen molar-refractivity contribution >= 4 is 5.97 Å². The van der Waals surface area contributed by atoms with Crippen LogP contribution in [0.25, 0.3) is 0 Å². The lowest BCUT2D eigenvalue weighted by molar-refractivity contribution is -0.141. The van der Waals surface area contributed by atoms with Crippen LogP contribution >= 0.6 is 0 Å². The fraction of sp³-hybridized carbons (Fsp3) is 0.462. The normalized spacial score (nSPS) is 12.1. The maximum Gasteiger partial charge on any atom is 0.306 e. The number of hydrogen-bond acceptors (Lipinski definition) is 2. The van der Waals surface area contributed by atoms with Gasteiger partial charge in [-0.1, -0.05) is 19.1 Å². The van der Waals surface area contributed by atoms with Gasteiger partial charge in [0.1, 0.15) is 5.75 Å². The molecule has 1 aromatic rings. The molecule has 16 heavy (non-hydrogen) atoms. The number of carboxylic acids is 1. The molecule has 3 heteroatoms. The van der Waals surface area contributed by atoms with E-state index >= 15 is 0 Å². The zero-order chi connectivity index (χ0) is 12.0. The molecule has 0 fully saturated rings. The van der Waals surface area contributed by atoms with Gasteiger partial charge in [0.2, 0.25) is 0 Å². The Morgan fingerprint density at radius 1 is 1.50 bits per heavy atom. The molecule has 1 N–H and O–H groups in total. The van der Waals surface area contributed by atoms with Crippen LogP contribution in [0, 0.1) is 5.92 Å². The second kappa shape index (κ2) is 6.16. The van der Waals surface area contributed by atoms with Gasteiger partial charge in [-0.05, 0) is 37.5 Å². The zero-order valence-corrected chi connectivity index (χ0v) is 9.77. The highest BCUT2D eigenvalue weighted by Gasteiger charge is 2.10. The van der Waals surface area contributed by atoms with Gasteiger partial charge >= 0.3 is 5.97 Å². The van der Waals surface area contributed by atoms with Crippen LogP contribution in [0.2, 0.25) is 0 Å². The highest BCUT2D eigenvalue weighted by Crippen LogP contribution is 2.16. The molecule has 0 bridgehead atoms. The Bertz CT molecular complexity index is 347. The summed E-state index contributed by atoms with van der Waals surface area (Å²) in [5.41, 5.74) is 1.12. The highest BCUT2D eigenvalue weighted by atomic mass is 16.5. The average Bonchev–Trinajstić information content (AvgIpc) is 2.26. The number of aryl methyl sites for hydroxylation is 1. The van der Waals surface area contributed by atoms with E-state index in [4.69, 9.17) is 9.84 Å². The van der Waals surface area contributed by atoms with E-state index in [9.17, 15) is 4.79 Å². The minimum Gasteiger partial charge on any atom is -0.494 e. The van der Waals surface area contributed by atoms with Crippen molar-refractivity contribution in [2.24, 2.45) is 5.92 Å². The Hall–Kier alpha value is -1.51. The van der Waals surface area contributed by atoms with Crippen LogP contribution in [-0.2, 0) is 11.2 Å². The third-order valence-electron chi connectivity index (χ3n) is 2.50. The molecule has 88 valence electrons. The van der Waals surface area contributed by atoms with E-state index in [1.165, 1.54) is 0 Å². The van der Waals surface area contributed by atoms with Gasteiger partial charge in [-0.2, -0.15) is 0 Å². The van der Waals surface area contributed by atoms with Crippen LogP contribution < -0.4 is 4.74 Å². The molecule has 0 aliphatic rings. The lowest BCUT2D eigenvalue weighted by atomic mass is 10.0. The molecule has 3 nitrogen and oxygen atoms in total. The summed E-state index contributed by atoms with van der Waals surface area (Å²) in [6.45, 7) is 4.32. The Morgan fingerprint density at radius 3 is 2.88 bits per heavy atom. The molecular formula is C13H18O3. The second-order valence-electron chi connectivity index (χ2n) is 3.86. The van der Waals surface area contributed by atoms with Crippen molar-refractivity contribution < 1.29 is 14.6 Å². The largest absolute Gasteiger partial charge is 0.494 e. The van der Waals surface area contributed by atoms with Gasteiger partial charge in [0, 0.05) is 0 Å². The SMILES string of the molecule is CCOc1cccc(CCC(C)C(=O)O)c1. The van der Waals surface area contributed by atoms with E-state index in [-0.39, 0.29) is 5.92 Å². The summed E-state index contributed by atoms with van der Waals surface area (Å²) in [5, 5.41) is 8.77. The Kier molecular flexibility index (Phi) is 4.83. The topological polar surface area (TPSA) is 46.5 Å². The summed E-state index contributed by atoms with van der Waals surface area (Å²) < 4.78 is 5.38. The minimum atomic E-state index is -0.735. The van der Waals surface area contributed by atoms with Crippen molar-refractivity contribution in [3.05, 3.63) is 29.8 Å². The number of benzene rings is 1. The van der Waals surface area contributed by atoms with Crippen LogP contribution in [-0.4, -0.2) is 17.7 Å². The summed E-state index contributed by atoms with van der Waals surface area (Å²) in [5.74, 6) is -0.181. The number of carboxylic acid groups (broad SMARTS) is 1. The molecule has 1 aromatic carbocycles. The molecule has 1 rings (SSSR count). The summed E-state index contributed by atoms with van der Waals surface area (Å²) >= 11 is 0. The molecule has 0 aliphatic heterocycles. The minimum absolute atomic E-state index is 0.296. The Morgan fingerprint density at radius 2 is 2.25 bits per heavy atom. The van der Waals surface area contributed by atoms with Gasteiger partial charge in [0.25, 0.3) is 0 Å². The maximum absolute atomic E-state index is 10.7. The standard InChI is InChI=1S/C13H18O3/c1-3-16-12-6-4-5-11(9-12)8-7-10(2)13(14)15/h4-6,9-10H,3,7-8H2,1-2H3,(H,14,15). The molecule has 0 saturated heterocycles. The Labute approximate surface area is 96.1 Å². The zero-order valence-electron chi connectivity index (χ0n) is 9.77. The molecule has 0 heterocycles. The molecule has 1 unspecified atom stereocenters. The summed E-state index contributed by atoms with van der Waals surface area (Å²) in [7, 11) is 0. The van der Waals surface area contributed by atoms with Crippen molar-refractivity contribution in [2.45, 2.75) is 26.7 Å². The molecule has 0 spiro atoms. The fourth-order valence-corrected chi connectivity index (χ4v) is 1.46. The van der Waals surface area contributed by atoms with Gasteiger partial charge < -0.3 is 9.84 Å². The first-order chi connectivity index (χ1) is 7.63. The number of rotatable bonds is 6. The predicted molar refractivity (Wildman–Crippen MR) is 62.7 cm³/mol. The quantitative estimate of drug-likeness (QED) is 0.805. The monoisotopic (exact) mass is 222 g/mol. The van der Waals surface area contributed by atoms with Crippen molar-refractivity contribution in [3.63, 3.8) is 0 Å². The molecule has 0 aliphatic carbocycles. The molecule has 0 amide bonds. The summed E-state index contributed by atoms with van der Waals surface area (Å²) in [6.07, 6.45) is 1.43. The van der Waals surface area contributed by atoms with Crippen LogP contribution in [0.4, 0.5) is 0 Å². The first kappa shape index (κ1) is 12.6. The number of hydrogen-bond donors (Lipinski definition) is 1. The van der Waals surface area contributed by atoms with Crippen LogP contribution in [0.15, 0.2) is 24.3 Å². The van der Waals surface area contributed by atoms with Crippen molar-refractivity contribution in [1.29, 1.82) is 0 Å². The predicted octanol–water partition coefficient (Wildman–Crippen LogP) is 2.74. The van der Waals surface area contributed by atoms with E-state index in [2.05, 4.69) is 0 Å². The van der Waals surface area contributed by atoms with E-state index in [0.717, 1.165) is 17.7 Å². The van der Waals surface area contributed by atoms with E-state index in [0.29, 0.717) is 13.0 Å². The maximum atomic E-state index is 10.7. The van der Waals surface area contributed by atoms with Gasteiger partial charge in [0.05, 0.1) is 12.5 Å². The van der Waals surface area contributed by atoms with Gasteiger partial charge in [-0.25, -0.2) is 0 Å². The van der Waals surface area contributed by atoms with E-state index < -0.39 is 5.97 Å². The second-order valence-corrected chi connectivity index (χ2v) is 3.86. The summed E-state index contributed by atoms with van der Waals surface area (Å²) in [4.78, 5) is 10.7. The van der Waals surface area contributed by atoms with Gasteiger partial charge in [-0.15, -0.1) is 0 Å². The van der Waals surface area contributed by atoms with Crippen LogP contribution in [0.1, 0.15) is 25.8 Å². The molecular weight excluding hydrogens is 204 g/mol. The summed E-state index contributed by atoms with van der Waals surface area (Å²) in [6, 6.07) is 7.81. The van der Waals surface area contributed by atoms with Crippen LogP contribution in [0.3, 0.4) is 0 Å². The molecule has 0 saturated carbocycles.